The van der Waals surface area contributed by atoms with Crippen LogP contribution in [-0.2, 0) is 6.42 Å². The van der Waals surface area contributed by atoms with Gasteiger partial charge in [0.05, 0.1) is 5.69 Å². The van der Waals surface area contributed by atoms with Gasteiger partial charge >= 0.3 is 0 Å². The number of hydrogen-bond donors (Lipinski definition) is 2. The summed E-state index contributed by atoms with van der Waals surface area (Å²) in [4.78, 5) is 14.1. The number of benzene rings is 3. The van der Waals surface area contributed by atoms with Crippen LogP contribution in [0.2, 0.25) is 0 Å². The molecular weight excluding hydrogens is 406 g/mol. The van der Waals surface area contributed by atoms with E-state index in [1.807, 2.05) is 56.3 Å². The van der Waals surface area contributed by atoms with Crippen molar-refractivity contribution in [2.24, 2.45) is 0 Å². The molecule has 4 rings (SSSR count). The lowest BCUT2D eigenvalue weighted by Gasteiger charge is -2.11. The van der Waals surface area contributed by atoms with Crippen LogP contribution in [0, 0.1) is 13.8 Å². The number of nitrogens with one attached hydrogen (secondary N) is 2. The van der Waals surface area contributed by atoms with Crippen LogP contribution in [-0.4, -0.2) is 26.0 Å². The minimum Gasteiger partial charge on any atom is -0.332 e. The zero-order chi connectivity index (χ0) is 22.0. The molecule has 1 heterocycles. The van der Waals surface area contributed by atoms with Crippen molar-refractivity contribution >= 4 is 40.0 Å². The molecule has 0 radical (unpaired) electrons. The van der Waals surface area contributed by atoms with Crippen molar-refractivity contribution in [1.29, 1.82) is 0 Å². The molecule has 1 amide bonds. The highest BCUT2D eigenvalue weighted by Crippen LogP contribution is 2.22. The number of carbonyl (C=O) groups excluding carboxylic acids is 1. The van der Waals surface area contributed by atoms with E-state index in [1.165, 1.54) is 5.56 Å². The number of thiocarbonyl (C=S) groups is 1. The minimum absolute atomic E-state index is 0.233. The van der Waals surface area contributed by atoms with E-state index in [-0.39, 0.29) is 11.0 Å². The van der Waals surface area contributed by atoms with Gasteiger partial charge in [-0.2, -0.15) is 4.80 Å². The van der Waals surface area contributed by atoms with Gasteiger partial charge < -0.3 is 5.32 Å². The van der Waals surface area contributed by atoms with Gasteiger partial charge in [-0.25, -0.2) is 0 Å². The number of anilines is 1. The molecule has 0 saturated carbocycles. The van der Waals surface area contributed by atoms with Crippen molar-refractivity contribution in [3.8, 4) is 5.69 Å². The summed E-state index contributed by atoms with van der Waals surface area (Å²) in [6.45, 7) is 6.03. The highest BCUT2D eigenvalue weighted by atomic mass is 32.1. The Morgan fingerprint density at radius 3 is 2.39 bits per heavy atom. The van der Waals surface area contributed by atoms with Gasteiger partial charge in [0.15, 0.2) is 5.11 Å². The molecule has 6 nitrogen and oxygen atoms in total. The van der Waals surface area contributed by atoms with Gasteiger partial charge in [-0.05, 0) is 80.0 Å². The Hall–Kier alpha value is -3.58. The molecule has 0 aliphatic rings. The molecule has 156 valence electrons. The van der Waals surface area contributed by atoms with E-state index in [0.717, 1.165) is 40.0 Å². The van der Waals surface area contributed by atoms with Crippen molar-refractivity contribution in [3.05, 3.63) is 82.9 Å². The molecule has 31 heavy (non-hydrogen) atoms. The fourth-order valence-corrected chi connectivity index (χ4v) is 3.50. The van der Waals surface area contributed by atoms with Crippen LogP contribution < -0.4 is 10.6 Å². The Kier molecular flexibility index (Phi) is 5.77. The molecule has 1 aromatic heterocycles. The van der Waals surface area contributed by atoms with Gasteiger partial charge in [-0.1, -0.05) is 36.8 Å². The lowest BCUT2D eigenvalue weighted by atomic mass is 10.1. The molecule has 0 aliphatic heterocycles. The Morgan fingerprint density at radius 1 is 1.00 bits per heavy atom. The third kappa shape index (κ3) is 4.62. The average molecular weight is 430 g/mol. The molecule has 7 heteroatoms. The summed E-state index contributed by atoms with van der Waals surface area (Å²) in [5.74, 6) is -0.249. The average Bonchev–Trinajstić information content (AvgIpc) is 3.16. The summed E-state index contributed by atoms with van der Waals surface area (Å²) in [6.07, 6.45) is 0.989. The van der Waals surface area contributed by atoms with Crippen LogP contribution in [0.1, 0.15) is 34.0 Å². The first-order valence-electron chi connectivity index (χ1n) is 10.1. The highest BCUT2D eigenvalue weighted by molar-refractivity contribution is 7.80. The van der Waals surface area contributed by atoms with Crippen molar-refractivity contribution in [2.45, 2.75) is 27.2 Å². The van der Waals surface area contributed by atoms with Gasteiger partial charge in [0, 0.05) is 11.3 Å². The van der Waals surface area contributed by atoms with E-state index in [0.29, 0.717) is 5.56 Å². The number of amides is 1. The van der Waals surface area contributed by atoms with Crippen molar-refractivity contribution < 1.29 is 4.79 Å². The van der Waals surface area contributed by atoms with Gasteiger partial charge in [-0.15, -0.1) is 10.2 Å². The van der Waals surface area contributed by atoms with E-state index in [9.17, 15) is 4.79 Å². The normalized spacial score (nSPS) is 10.8. The predicted octanol–water partition coefficient (Wildman–Crippen LogP) is 4.73. The molecule has 3 aromatic carbocycles. The fraction of sp³-hybridized carbons (Fsp3) is 0.167. The first-order chi connectivity index (χ1) is 14.9. The number of hydrogen-bond acceptors (Lipinski definition) is 4. The third-order valence-electron chi connectivity index (χ3n) is 5.06. The molecule has 0 unspecified atom stereocenters. The molecule has 0 fully saturated rings. The molecule has 0 bridgehead atoms. The zero-order valence-corrected chi connectivity index (χ0v) is 18.5. The second-order valence-electron chi connectivity index (χ2n) is 7.44. The van der Waals surface area contributed by atoms with Gasteiger partial charge in [0.2, 0.25) is 0 Å². The smallest absolute Gasteiger partial charge is 0.257 e. The second kappa shape index (κ2) is 8.65. The van der Waals surface area contributed by atoms with Crippen LogP contribution in [0.25, 0.3) is 16.7 Å². The van der Waals surface area contributed by atoms with Crippen LogP contribution in [0.4, 0.5) is 5.69 Å². The summed E-state index contributed by atoms with van der Waals surface area (Å²) in [6, 6.07) is 19.4. The van der Waals surface area contributed by atoms with E-state index in [1.54, 1.807) is 10.9 Å². The number of fused-ring (bicyclic) bond motifs is 1. The molecule has 2 N–H and O–H groups in total. The monoisotopic (exact) mass is 429 g/mol. The van der Waals surface area contributed by atoms with Crippen molar-refractivity contribution in [2.75, 3.05) is 5.32 Å². The molecule has 0 spiro atoms. The van der Waals surface area contributed by atoms with Crippen molar-refractivity contribution in [3.63, 3.8) is 0 Å². The Balaban J connectivity index is 1.53. The minimum atomic E-state index is -0.249. The largest absolute Gasteiger partial charge is 0.332 e. The summed E-state index contributed by atoms with van der Waals surface area (Å²) in [7, 11) is 0. The molecule has 0 saturated heterocycles. The molecule has 0 atom stereocenters. The quantitative estimate of drug-likeness (QED) is 0.459. The second-order valence-corrected chi connectivity index (χ2v) is 7.85. The summed E-state index contributed by atoms with van der Waals surface area (Å²) in [5.41, 5.74) is 7.00. The van der Waals surface area contributed by atoms with E-state index >= 15 is 0 Å². The van der Waals surface area contributed by atoms with Gasteiger partial charge in [-0.3, -0.25) is 10.1 Å². The maximum Gasteiger partial charge on any atom is 0.257 e. The van der Waals surface area contributed by atoms with Crippen LogP contribution in [0.15, 0.2) is 60.7 Å². The summed E-state index contributed by atoms with van der Waals surface area (Å²) in [5, 5.41) is 15.3. The topological polar surface area (TPSA) is 71.8 Å². The third-order valence-corrected chi connectivity index (χ3v) is 5.26. The number of aryl methyl sites for hydroxylation is 3. The van der Waals surface area contributed by atoms with E-state index in [2.05, 4.69) is 39.9 Å². The van der Waals surface area contributed by atoms with Gasteiger partial charge in [0.1, 0.15) is 11.0 Å². The summed E-state index contributed by atoms with van der Waals surface area (Å²) >= 11 is 5.35. The molecule has 4 aromatic rings. The number of rotatable bonds is 4. The standard InChI is InChI=1S/C24H23N5OS/c1-4-17-8-10-19(11-9-17)29-27-21-13-16(3)20(14-22(21)28-29)25-24(31)26-23(30)18-7-5-6-15(2)12-18/h5-14H,4H2,1-3H3,(H2,25,26,30,31). The number of carbonyl (C=O) groups is 1. The molecular formula is C24H23N5OS. The fourth-order valence-electron chi connectivity index (χ4n) is 3.30. The highest BCUT2D eigenvalue weighted by Gasteiger charge is 2.12. The Bertz CT molecular complexity index is 1280. The number of nitrogens with zero attached hydrogens (tertiary/aromatic N) is 3. The van der Waals surface area contributed by atoms with E-state index < -0.39 is 0 Å². The van der Waals surface area contributed by atoms with Crippen LogP contribution in [0.3, 0.4) is 0 Å². The first-order valence-corrected chi connectivity index (χ1v) is 10.5. The maximum absolute atomic E-state index is 12.4. The van der Waals surface area contributed by atoms with E-state index in [4.69, 9.17) is 12.2 Å². The number of aromatic nitrogens is 3. The zero-order valence-electron chi connectivity index (χ0n) is 17.6. The lowest BCUT2D eigenvalue weighted by Crippen LogP contribution is -2.34. The van der Waals surface area contributed by atoms with Crippen LogP contribution >= 0.6 is 12.2 Å². The lowest BCUT2D eigenvalue weighted by molar-refractivity contribution is 0.0977. The van der Waals surface area contributed by atoms with Gasteiger partial charge in [0.25, 0.3) is 5.91 Å². The molecule has 0 aliphatic carbocycles. The Labute approximate surface area is 186 Å². The summed E-state index contributed by atoms with van der Waals surface area (Å²) < 4.78 is 0. The SMILES string of the molecule is CCc1ccc(-n2nc3cc(C)c(NC(=S)NC(=O)c4cccc(C)c4)cc3n2)cc1. The first kappa shape index (κ1) is 20.7. The van der Waals surface area contributed by atoms with Crippen LogP contribution in [0.5, 0.6) is 0 Å². The maximum atomic E-state index is 12.4. The van der Waals surface area contributed by atoms with Crippen molar-refractivity contribution in [1.82, 2.24) is 20.3 Å². The predicted molar refractivity (Wildman–Crippen MR) is 128 cm³/mol. The Morgan fingerprint density at radius 2 is 1.71 bits per heavy atom.